The molecule has 0 aliphatic rings. The number of rotatable bonds is 6. The Bertz CT molecular complexity index is 990. The molecule has 0 saturated heterocycles. The van der Waals surface area contributed by atoms with Gasteiger partial charge in [-0.25, -0.2) is 0 Å². The first-order chi connectivity index (χ1) is 12.9. The lowest BCUT2D eigenvalue weighted by molar-refractivity contribution is -0.111. The molecule has 0 unspecified atom stereocenters. The largest absolute Gasteiger partial charge is 0.306 e. The molecule has 27 heavy (non-hydrogen) atoms. The summed E-state index contributed by atoms with van der Waals surface area (Å²) in [5.74, 6) is 0.241. The first-order valence-electron chi connectivity index (χ1n) is 8.44. The molecule has 0 fully saturated rings. The molecule has 1 aromatic carbocycles. The van der Waals surface area contributed by atoms with Crippen LogP contribution in [0, 0.1) is 6.92 Å². The van der Waals surface area contributed by atoms with Crippen molar-refractivity contribution in [3.8, 4) is 0 Å². The highest BCUT2D eigenvalue weighted by Gasteiger charge is 2.08. The molecule has 0 aliphatic heterocycles. The number of hydrogen-bond acceptors (Lipinski definition) is 3. The number of aryl methyl sites for hydroxylation is 2. The lowest BCUT2D eigenvalue weighted by atomic mass is 10.2. The highest BCUT2D eigenvalue weighted by atomic mass is 35.5. The van der Waals surface area contributed by atoms with Gasteiger partial charge >= 0.3 is 0 Å². The van der Waals surface area contributed by atoms with Gasteiger partial charge in [-0.3, -0.25) is 14.2 Å². The maximum absolute atomic E-state index is 12.1. The lowest BCUT2D eigenvalue weighted by Crippen LogP contribution is -2.09. The number of benzene rings is 1. The summed E-state index contributed by atoms with van der Waals surface area (Å²) < 4.78 is 3.59. The van der Waals surface area contributed by atoms with Crippen molar-refractivity contribution in [1.82, 2.24) is 19.6 Å². The molecular weight excluding hydrogens is 385 g/mol. The van der Waals surface area contributed by atoms with E-state index in [1.165, 1.54) is 6.08 Å². The van der Waals surface area contributed by atoms with Crippen LogP contribution in [-0.4, -0.2) is 25.5 Å². The van der Waals surface area contributed by atoms with E-state index in [-0.39, 0.29) is 5.91 Å². The van der Waals surface area contributed by atoms with Crippen LogP contribution in [0.15, 0.2) is 42.7 Å². The Morgan fingerprint density at radius 2 is 2.07 bits per heavy atom. The van der Waals surface area contributed by atoms with Crippen molar-refractivity contribution in [3.05, 3.63) is 69.6 Å². The van der Waals surface area contributed by atoms with Crippen LogP contribution < -0.4 is 5.32 Å². The summed E-state index contributed by atoms with van der Waals surface area (Å²) in [4.78, 5) is 12.1. The predicted octanol–water partition coefficient (Wildman–Crippen LogP) is 4.41. The van der Waals surface area contributed by atoms with Gasteiger partial charge in [-0.15, -0.1) is 0 Å². The van der Waals surface area contributed by atoms with E-state index in [1.807, 2.05) is 38.2 Å². The zero-order chi connectivity index (χ0) is 19.4. The summed E-state index contributed by atoms with van der Waals surface area (Å²) >= 11 is 12.0. The zero-order valence-corrected chi connectivity index (χ0v) is 16.5. The van der Waals surface area contributed by atoms with E-state index in [2.05, 4.69) is 15.5 Å². The number of carbonyl (C=O) groups is 1. The summed E-state index contributed by atoms with van der Waals surface area (Å²) in [5.41, 5.74) is 2.76. The molecule has 0 atom stereocenters. The van der Waals surface area contributed by atoms with Gasteiger partial charge in [0.25, 0.3) is 0 Å². The number of anilines is 1. The van der Waals surface area contributed by atoms with Gasteiger partial charge in [-0.1, -0.05) is 29.3 Å². The molecule has 1 N–H and O–H groups in total. The van der Waals surface area contributed by atoms with Gasteiger partial charge < -0.3 is 5.32 Å². The van der Waals surface area contributed by atoms with Crippen LogP contribution in [0.4, 0.5) is 5.82 Å². The minimum atomic E-state index is -0.251. The first kappa shape index (κ1) is 19.2. The third-order valence-electron chi connectivity index (χ3n) is 3.95. The second-order valence-corrected chi connectivity index (χ2v) is 6.84. The Morgan fingerprint density at radius 3 is 2.78 bits per heavy atom. The molecule has 0 aliphatic carbocycles. The van der Waals surface area contributed by atoms with Crippen LogP contribution in [0.3, 0.4) is 0 Å². The molecule has 0 spiro atoms. The standard InChI is InChI=1S/C19H19Cl2N5O/c1-3-25-11-15(10-22-25)5-7-19(27)23-18-8-13(2)26(24-18)12-14-4-6-16(20)17(21)9-14/h4-11H,3,12H2,1-2H3,(H,23,24,27)/b7-5+. The number of amides is 1. The molecule has 140 valence electrons. The van der Waals surface area contributed by atoms with Crippen LogP contribution in [0.1, 0.15) is 23.7 Å². The minimum absolute atomic E-state index is 0.251. The summed E-state index contributed by atoms with van der Waals surface area (Å²) in [6, 6.07) is 7.28. The van der Waals surface area contributed by atoms with E-state index in [0.717, 1.165) is 23.4 Å². The van der Waals surface area contributed by atoms with Gasteiger partial charge in [0.05, 0.1) is 22.8 Å². The fourth-order valence-corrected chi connectivity index (χ4v) is 2.84. The van der Waals surface area contributed by atoms with E-state index in [4.69, 9.17) is 23.2 Å². The molecule has 6 nitrogen and oxygen atoms in total. The average molecular weight is 404 g/mol. The van der Waals surface area contributed by atoms with Crippen LogP contribution in [-0.2, 0) is 17.9 Å². The second-order valence-electron chi connectivity index (χ2n) is 6.03. The molecule has 0 radical (unpaired) electrons. The van der Waals surface area contributed by atoms with Crippen molar-refractivity contribution in [3.63, 3.8) is 0 Å². The van der Waals surface area contributed by atoms with E-state index in [0.29, 0.717) is 22.4 Å². The number of halogens is 2. The van der Waals surface area contributed by atoms with Crippen molar-refractivity contribution >= 4 is 41.0 Å². The fourth-order valence-electron chi connectivity index (χ4n) is 2.52. The molecule has 0 saturated carbocycles. The minimum Gasteiger partial charge on any atom is -0.306 e. The Kier molecular flexibility index (Phi) is 5.98. The summed E-state index contributed by atoms with van der Waals surface area (Å²) in [5, 5.41) is 12.4. The topological polar surface area (TPSA) is 64.7 Å². The number of carbonyl (C=O) groups excluding carboxylic acids is 1. The van der Waals surface area contributed by atoms with E-state index in [9.17, 15) is 4.79 Å². The Hall–Kier alpha value is -2.57. The Labute approximate surface area is 167 Å². The van der Waals surface area contributed by atoms with Crippen molar-refractivity contribution in [2.75, 3.05) is 5.32 Å². The normalized spacial score (nSPS) is 11.3. The quantitative estimate of drug-likeness (QED) is 0.619. The summed E-state index contributed by atoms with van der Waals surface area (Å²) in [7, 11) is 0. The highest BCUT2D eigenvalue weighted by molar-refractivity contribution is 6.42. The SMILES string of the molecule is CCn1cc(/C=C/C(=O)Nc2cc(C)n(Cc3ccc(Cl)c(Cl)c3)n2)cn1. The van der Waals surface area contributed by atoms with Gasteiger partial charge in [-0.05, 0) is 37.6 Å². The number of aromatic nitrogens is 4. The van der Waals surface area contributed by atoms with Gasteiger partial charge in [0.2, 0.25) is 5.91 Å². The number of nitrogens with zero attached hydrogens (tertiary/aromatic N) is 4. The highest BCUT2D eigenvalue weighted by Crippen LogP contribution is 2.23. The third-order valence-corrected chi connectivity index (χ3v) is 4.69. The Morgan fingerprint density at radius 1 is 1.26 bits per heavy atom. The molecule has 3 rings (SSSR count). The molecule has 1 amide bonds. The third kappa shape index (κ3) is 4.99. The fraction of sp³-hybridized carbons (Fsp3) is 0.211. The van der Waals surface area contributed by atoms with Crippen LogP contribution >= 0.6 is 23.2 Å². The van der Waals surface area contributed by atoms with E-state index in [1.54, 1.807) is 27.7 Å². The monoisotopic (exact) mass is 403 g/mol. The van der Waals surface area contributed by atoms with Crippen LogP contribution in [0.5, 0.6) is 0 Å². The molecule has 2 aromatic heterocycles. The second kappa shape index (κ2) is 8.41. The first-order valence-corrected chi connectivity index (χ1v) is 9.20. The van der Waals surface area contributed by atoms with Gasteiger partial charge in [0.15, 0.2) is 5.82 Å². The molecule has 3 aromatic rings. The summed E-state index contributed by atoms with van der Waals surface area (Å²) in [6.07, 6.45) is 6.77. The van der Waals surface area contributed by atoms with Crippen LogP contribution in [0.25, 0.3) is 6.08 Å². The van der Waals surface area contributed by atoms with Gasteiger partial charge in [0, 0.05) is 36.1 Å². The average Bonchev–Trinajstić information content (AvgIpc) is 3.23. The van der Waals surface area contributed by atoms with Crippen molar-refractivity contribution < 1.29 is 4.79 Å². The number of hydrogen-bond donors (Lipinski definition) is 1. The Balaban J connectivity index is 1.64. The van der Waals surface area contributed by atoms with Crippen LogP contribution in [0.2, 0.25) is 10.0 Å². The van der Waals surface area contributed by atoms with E-state index < -0.39 is 0 Å². The maximum atomic E-state index is 12.1. The molecular formula is C19H19Cl2N5O. The number of nitrogens with one attached hydrogen (secondary N) is 1. The van der Waals surface area contributed by atoms with Crippen molar-refractivity contribution in [2.45, 2.75) is 26.9 Å². The molecule has 8 heteroatoms. The lowest BCUT2D eigenvalue weighted by Gasteiger charge is -2.05. The van der Waals surface area contributed by atoms with Crippen molar-refractivity contribution in [1.29, 1.82) is 0 Å². The predicted molar refractivity (Wildman–Crippen MR) is 108 cm³/mol. The van der Waals surface area contributed by atoms with Gasteiger partial charge in [0.1, 0.15) is 0 Å². The summed E-state index contributed by atoms with van der Waals surface area (Å²) in [6.45, 7) is 5.25. The maximum Gasteiger partial charge on any atom is 0.249 e. The van der Waals surface area contributed by atoms with Crippen molar-refractivity contribution in [2.24, 2.45) is 0 Å². The van der Waals surface area contributed by atoms with E-state index >= 15 is 0 Å². The van der Waals surface area contributed by atoms with Gasteiger partial charge in [-0.2, -0.15) is 10.2 Å². The molecule has 2 heterocycles. The zero-order valence-electron chi connectivity index (χ0n) is 15.0. The smallest absolute Gasteiger partial charge is 0.249 e. The molecule has 0 bridgehead atoms.